The molecule has 0 aliphatic carbocycles. The molecule has 3 rings (SSSR count). The van der Waals surface area contributed by atoms with Crippen LogP contribution in [0.3, 0.4) is 0 Å². The zero-order chi connectivity index (χ0) is 14.1. The summed E-state index contributed by atoms with van der Waals surface area (Å²) in [6, 6.07) is 7.52. The van der Waals surface area contributed by atoms with Gasteiger partial charge in [-0.25, -0.2) is 14.2 Å². The summed E-state index contributed by atoms with van der Waals surface area (Å²) in [6.07, 6.45) is 2.66. The molecule has 0 spiro atoms. The number of benzene rings is 1. The van der Waals surface area contributed by atoms with Crippen molar-refractivity contribution in [1.29, 1.82) is 0 Å². The molecule has 2 heterocycles. The van der Waals surface area contributed by atoms with Crippen LogP contribution >= 0.6 is 11.3 Å². The van der Waals surface area contributed by atoms with Gasteiger partial charge in [0.15, 0.2) is 0 Å². The largest absolute Gasteiger partial charge is 0.271 e. The first-order chi connectivity index (χ1) is 9.69. The lowest BCUT2D eigenvalue weighted by Crippen LogP contribution is -2.28. The highest BCUT2D eigenvalue weighted by Gasteiger charge is 2.19. The van der Waals surface area contributed by atoms with E-state index < -0.39 is 11.9 Å². The summed E-state index contributed by atoms with van der Waals surface area (Å²) in [4.78, 5) is 4.54. The van der Waals surface area contributed by atoms with Crippen LogP contribution < -0.4 is 11.3 Å². The van der Waals surface area contributed by atoms with Crippen molar-refractivity contribution in [2.24, 2.45) is 5.84 Å². The minimum atomic E-state index is -0.488. The Morgan fingerprint density at radius 2 is 2.05 bits per heavy atom. The Morgan fingerprint density at radius 1 is 1.20 bits per heavy atom. The van der Waals surface area contributed by atoms with Crippen molar-refractivity contribution < 1.29 is 8.78 Å². The number of nitrogens with zero attached hydrogens (tertiary/aromatic N) is 1. The van der Waals surface area contributed by atoms with Crippen molar-refractivity contribution in [3.05, 3.63) is 64.8 Å². The van der Waals surface area contributed by atoms with Gasteiger partial charge in [-0.1, -0.05) is 6.07 Å². The number of aromatic nitrogens is 1. The molecular formula is C14H11F2N3S. The highest BCUT2D eigenvalue weighted by Crippen LogP contribution is 2.33. The quantitative estimate of drug-likeness (QED) is 0.576. The van der Waals surface area contributed by atoms with E-state index in [-0.39, 0.29) is 5.82 Å². The molecule has 102 valence electrons. The SMILES string of the molecule is NNC(c1cc2ccc(F)cc2s1)c1ccncc1F. The Hall–Kier alpha value is -1.89. The van der Waals surface area contributed by atoms with Crippen LogP contribution in [0.2, 0.25) is 0 Å². The molecule has 0 saturated carbocycles. The summed E-state index contributed by atoms with van der Waals surface area (Å²) in [6.45, 7) is 0. The van der Waals surface area contributed by atoms with E-state index in [9.17, 15) is 8.78 Å². The number of thiophene rings is 1. The summed E-state index contributed by atoms with van der Waals surface area (Å²) in [5.41, 5.74) is 3.01. The van der Waals surface area contributed by atoms with E-state index in [4.69, 9.17) is 5.84 Å². The van der Waals surface area contributed by atoms with E-state index in [1.54, 1.807) is 12.1 Å². The first kappa shape index (κ1) is 13.1. The number of halogens is 2. The summed E-state index contributed by atoms with van der Waals surface area (Å²) in [5, 5.41) is 0.904. The molecule has 0 saturated heterocycles. The normalized spacial score (nSPS) is 12.8. The lowest BCUT2D eigenvalue weighted by molar-refractivity contribution is 0.559. The fourth-order valence-electron chi connectivity index (χ4n) is 2.11. The number of hydrogen-bond donors (Lipinski definition) is 2. The van der Waals surface area contributed by atoms with Gasteiger partial charge < -0.3 is 0 Å². The lowest BCUT2D eigenvalue weighted by atomic mass is 10.1. The van der Waals surface area contributed by atoms with Gasteiger partial charge in [-0.15, -0.1) is 11.3 Å². The summed E-state index contributed by atoms with van der Waals surface area (Å²) in [5.74, 6) is 4.83. The van der Waals surface area contributed by atoms with E-state index in [0.29, 0.717) is 5.56 Å². The molecule has 3 N–H and O–H groups in total. The average Bonchev–Trinajstić information content (AvgIpc) is 2.84. The van der Waals surface area contributed by atoms with Crippen molar-refractivity contribution in [3.63, 3.8) is 0 Å². The maximum Gasteiger partial charge on any atom is 0.146 e. The van der Waals surface area contributed by atoms with Crippen molar-refractivity contribution in [2.75, 3.05) is 0 Å². The molecule has 1 atom stereocenters. The van der Waals surface area contributed by atoms with Crippen molar-refractivity contribution in [1.82, 2.24) is 10.4 Å². The van der Waals surface area contributed by atoms with Crippen LogP contribution in [0.4, 0.5) is 8.78 Å². The van der Waals surface area contributed by atoms with Crippen LogP contribution in [0.5, 0.6) is 0 Å². The second kappa shape index (κ2) is 5.24. The van der Waals surface area contributed by atoms with Crippen molar-refractivity contribution in [2.45, 2.75) is 6.04 Å². The molecule has 0 fully saturated rings. The van der Waals surface area contributed by atoms with E-state index in [2.05, 4.69) is 10.4 Å². The number of nitrogens with two attached hydrogens (primary N) is 1. The Labute approximate surface area is 118 Å². The van der Waals surface area contributed by atoms with Gasteiger partial charge in [-0.3, -0.25) is 10.8 Å². The number of fused-ring (bicyclic) bond motifs is 1. The molecule has 0 radical (unpaired) electrons. The molecule has 0 aliphatic rings. The molecule has 0 amide bonds. The summed E-state index contributed by atoms with van der Waals surface area (Å²) < 4.78 is 27.8. The maximum absolute atomic E-state index is 13.8. The molecule has 20 heavy (non-hydrogen) atoms. The molecule has 2 aromatic heterocycles. The number of hydrazine groups is 1. The number of pyridine rings is 1. The van der Waals surface area contributed by atoms with Gasteiger partial charge >= 0.3 is 0 Å². The monoisotopic (exact) mass is 291 g/mol. The van der Waals surface area contributed by atoms with Gasteiger partial charge in [0, 0.05) is 21.3 Å². The van der Waals surface area contributed by atoms with E-state index >= 15 is 0 Å². The van der Waals surface area contributed by atoms with Gasteiger partial charge in [0.05, 0.1) is 12.2 Å². The van der Waals surface area contributed by atoms with E-state index in [1.165, 1.54) is 29.7 Å². The van der Waals surface area contributed by atoms with Crippen LogP contribution in [-0.2, 0) is 0 Å². The minimum Gasteiger partial charge on any atom is -0.271 e. The molecule has 1 aromatic carbocycles. The lowest BCUT2D eigenvalue weighted by Gasteiger charge is -2.14. The zero-order valence-electron chi connectivity index (χ0n) is 10.3. The van der Waals surface area contributed by atoms with Crippen LogP contribution in [-0.4, -0.2) is 4.98 Å². The van der Waals surface area contributed by atoms with Crippen LogP contribution in [0.25, 0.3) is 10.1 Å². The molecule has 0 bridgehead atoms. The first-order valence-electron chi connectivity index (χ1n) is 5.93. The third-order valence-corrected chi connectivity index (χ3v) is 4.23. The predicted molar refractivity (Wildman–Crippen MR) is 75.1 cm³/mol. The van der Waals surface area contributed by atoms with Gasteiger partial charge in [0.1, 0.15) is 11.6 Å². The molecule has 3 aromatic rings. The third-order valence-electron chi connectivity index (χ3n) is 3.07. The van der Waals surface area contributed by atoms with Crippen molar-refractivity contribution >= 4 is 21.4 Å². The Kier molecular flexibility index (Phi) is 3.43. The van der Waals surface area contributed by atoms with Crippen LogP contribution in [0.1, 0.15) is 16.5 Å². The van der Waals surface area contributed by atoms with E-state index in [1.807, 2.05) is 6.07 Å². The van der Waals surface area contributed by atoms with Crippen LogP contribution in [0, 0.1) is 11.6 Å². The minimum absolute atomic E-state index is 0.293. The fourth-order valence-corrected chi connectivity index (χ4v) is 3.28. The van der Waals surface area contributed by atoms with Crippen LogP contribution in [0.15, 0.2) is 42.7 Å². The average molecular weight is 291 g/mol. The van der Waals surface area contributed by atoms with Gasteiger partial charge in [-0.2, -0.15) is 0 Å². The van der Waals surface area contributed by atoms with E-state index in [0.717, 1.165) is 21.2 Å². The number of hydrogen-bond acceptors (Lipinski definition) is 4. The van der Waals surface area contributed by atoms with Gasteiger partial charge in [0.25, 0.3) is 0 Å². The third kappa shape index (κ3) is 2.29. The molecule has 0 aliphatic heterocycles. The second-order valence-corrected chi connectivity index (χ2v) is 5.44. The molecule has 3 nitrogen and oxygen atoms in total. The zero-order valence-corrected chi connectivity index (χ0v) is 11.1. The summed E-state index contributed by atoms with van der Waals surface area (Å²) >= 11 is 1.38. The predicted octanol–water partition coefficient (Wildman–Crippen LogP) is 3.13. The van der Waals surface area contributed by atoms with Gasteiger partial charge in [-0.05, 0) is 29.7 Å². The highest BCUT2D eigenvalue weighted by atomic mass is 32.1. The smallest absolute Gasteiger partial charge is 0.146 e. The maximum atomic E-state index is 13.8. The Balaban J connectivity index is 2.10. The van der Waals surface area contributed by atoms with Crippen molar-refractivity contribution in [3.8, 4) is 0 Å². The topological polar surface area (TPSA) is 50.9 Å². The first-order valence-corrected chi connectivity index (χ1v) is 6.75. The Morgan fingerprint density at radius 3 is 2.80 bits per heavy atom. The number of nitrogens with one attached hydrogen (secondary N) is 1. The standard InChI is InChI=1S/C14H11F2N3S/c15-9-2-1-8-5-13(20-12(8)6-9)14(19-17)10-3-4-18-7-11(10)16/h1-7,14,19H,17H2. The highest BCUT2D eigenvalue weighted by molar-refractivity contribution is 7.19. The summed E-state index contributed by atoms with van der Waals surface area (Å²) in [7, 11) is 0. The van der Waals surface area contributed by atoms with Gasteiger partial charge in [0.2, 0.25) is 0 Å². The second-order valence-electron chi connectivity index (χ2n) is 4.33. The molecule has 1 unspecified atom stereocenters. The molecule has 6 heteroatoms. The molecular weight excluding hydrogens is 280 g/mol. The fraction of sp³-hybridized carbons (Fsp3) is 0.0714. The Bertz CT molecular complexity index is 757. The number of rotatable bonds is 3.